The summed E-state index contributed by atoms with van der Waals surface area (Å²) in [5.74, 6) is 0.128. The Morgan fingerprint density at radius 2 is 1.81 bits per heavy atom. The van der Waals surface area contributed by atoms with Crippen molar-refractivity contribution < 1.29 is 13.2 Å². The standard InChI is InChI=1S/C22H27ClN4O3S/c1-3-27(4-2)19(16-9-5-7-11-18(16)23)15-25-21(28)13-14-24-22-17-10-6-8-12-20(17)31(29,30)26-22/h5-12,19H,3-4,13-15H2,1-2H3,(H,24,26)(H,25,28). The molecule has 0 saturated heterocycles. The van der Waals surface area contributed by atoms with E-state index in [0.29, 0.717) is 17.1 Å². The van der Waals surface area contributed by atoms with Crippen molar-refractivity contribution in [1.29, 1.82) is 0 Å². The second kappa shape index (κ2) is 10.3. The van der Waals surface area contributed by atoms with E-state index < -0.39 is 10.0 Å². The normalized spacial score (nSPS) is 16.7. The maximum atomic E-state index is 12.4. The maximum absolute atomic E-state index is 12.4. The summed E-state index contributed by atoms with van der Waals surface area (Å²) < 4.78 is 26.7. The van der Waals surface area contributed by atoms with Gasteiger partial charge in [0.15, 0.2) is 0 Å². The molecule has 0 aromatic heterocycles. The number of nitrogens with zero attached hydrogens (tertiary/aromatic N) is 2. The van der Waals surface area contributed by atoms with Gasteiger partial charge in [0.2, 0.25) is 5.91 Å². The number of hydrogen-bond acceptors (Lipinski definition) is 5. The Labute approximate surface area is 188 Å². The van der Waals surface area contributed by atoms with Crippen LogP contribution in [0.25, 0.3) is 0 Å². The molecule has 1 heterocycles. The van der Waals surface area contributed by atoms with Gasteiger partial charge in [0.05, 0.1) is 17.5 Å². The van der Waals surface area contributed by atoms with Crippen LogP contribution >= 0.6 is 11.6 Å². The molecule has 0 bridgehead atoms. The Morgan fingerprint density at radius 1 is 1.13 bits per heavy atom. The summed E-state index contributed by atoms with van der Waals surface area (Å²) >= 11 is 6.40. The number of carbonyl (C=O) groups excluding carboxylic acids is 1. The van der Waals surface area contributed by atoms with Crippen molar-refractivity contribution in [3.63, 3.8) is 0 Å². The summed E-state index contributed by atoms with van der Waals surface area (Å²) in [4.78, 5) is 19.2. The lowest BCUT2D eigenvalue weighted by molar-refractivity contribution is -0.121. The van der Waals surface area contributed by atoms with Crippen LogP contribution in [0.4, 0.5) is 0 Å². The fourth-order valence-corrected chi connectivity index (χ4v) is 5.18. The molecule has 9 heteroatoms. The first-order valence-corrected chi connectivity index (χ1v) is 12.1. The van der Waals surface area contributed by atoms with Crippen molar-refractivity contribution in [2.75, 3.05) is 26.2 Å². The molecule has 0 fully saturated rings. The smallest absolute Gasteiger partial charge is 0.263 e. The van der Waals surface area contributed by atoms with Gasteiger partial charge in [-0.05, 0) is 36.9 Å². The topological polar surface area (TPSA) is 90.9 Å². The quantitative estimate of drug-likeness (QED) is 0.599. The van der Waals surface area contributed by atoms with Crippen molar-refractivity contribution in [1.82, 2.24) is 14.9 Å². The summed E-state index contributed by atoms with van der Waals surface area (Å²) in [6.45, 7) is 6.42. The molecule has 31 heavy (non-hydrogen) atoms. The van der Waals surface area contributed by atoms with Crippen molar-refractivity contribution in [3.8, 4) is 0 Å². The van der Waals surface area contributed by atoms with Gasteiger partial charge in [0, 0.05) is 23.6 Å². The van der Waals surface area contributed by atoms with Crippen molar-refractivity contribution in [3.05, 3.63) is 64.7 Å². The number of hydrogen-bond donors (Lipinski definition) is 2. The number of nitrogens with one attached hydrogen (secondary N) is 2. The van der Waals surface area contributed by atoms with E-state index in [0.717, 1.165) is 18.7 Å². The van der Waals surface area contributed by atoms with Gasteiger partial charge in [-0.25, -0.2) is 8.42 Å². The number of sulfonamides is 1. The predicted octanol–water partition coefficient (Wildman–Crippen LogP) is 2.97. The second-order valence-corrected chi connectivity index (χ2v) is 9.20. The van der Waals surface area contributed by atoms with Crippen molar-refractivity contribution in [2.45, 2.75) is 31.2 Å². The molecule has 1 amide bonds. The van der Waals surface area contributed by atoms with Crippen LogP contribution < -0.4 is 10.0 Å². The number of rotatable bonds is 9. The van der Waals surface area contributed by atoms with Crippen LogP contribution in [0.2, 0.25) is 5.02 Å². The monoisotopic (exact) mass is 462 g/mol. The molecule has 1 unspecified atom stereocenters. The number of fused-ring (bicyclic) bond motifs is 1. The molecule has 1 aliphatic rings. The van der Waals surface area contributed by atoms with E-state index in [2.05, 4.69) is 33.8 Å². The SMILES string of the molecule is CCN(CC)C(CNC(=O)CCN=C1NS(=O)(=O)c2ccccc21)c1ccccc1Cl. The molecule has 2 aromatic rings. The zero-order chi connectivity index (χ0) is 22.4. The van der Waals surface area contributed by atoms with Gasteiger partial charge in [-0.3, -0.25) is 19.4 Å². The molecule has 0 radical (unpaired) electrons. The van der Waals surface area contributed by atoms with Gasteiger partial charge in [-0.15, -0.1) is 0 Å². The number of likely N-dealkylation sites (N-methyl/N-ethyl adjacent to an activating group) is 1. The van der Waals surface area contributed by atoms with Crippen molar-refractivity contribution >= 4 is 33.4 Å². The number of halogens is 1. The van der Waals surface area contributed by atoms with E-state index in [1.807, 2.05) is 24.3 Å². The van der Waals surface area contributed by atoms with E-state index in [-0.39, 0.29) is 35.6 Å². The van der Waals surface area contributed by atoms with E-state index in [9.17, 15) is 13.2 Å². The van der Waals surface area contributed by atoms with E-state index in [4.69, 9.17) is 11.6 Å². The zero-order valence-corrected chi connectivity index (χ0v) is 19.2. The van der Waals surface area contributed by atoms with Crippen LogP contribution in [0.1, 0.15) is 37.4 Å². The third-order valence-electron chi connectivity index (χ3n) is 5.28. The van der Waals surface area contributed by atoms with Crippen LogP contribution in [0.5, 0.6) is 0 Å². The molecule has 0 spiro atoms. The zero-order valence-electron chi connectivity index (χ0n) is 17.6. The maximum Gasteiger partial charge on any atom is 0.263 e. The van der Waals surface area contributed by atoms with Gasteiger partial charge >= 0.3 is 0 Å². The Bertz CT molecular complexity index is 1070. The first-order chi connectivity index (χ1) is 14.9. The third-order valence-corrected chi connectivity index (χ3v) is 7.02. The largest absolute Gasteiger partial charge is 0.354 e. The first kappa shape index (κ1) is 23.2. The molecule has 2 aromatic carbocycles. The highest BCUT2D eigenvalue weighted by Crippen LogP contribution is 2.27. The molecule has 0 saturated carbocycles. The highest BCUT2D eigenvalue weighted by molar-refractivity contribution is 7.90. The number of carbonyl (C=O) groups is 1. The van der Waals surface area contributed by atoms with E-state index in [1.54, 1.807) is 18.2 Å². The molecular weight excluding hydrogens is 436 g/mol. The predicted molar refractivity (Wildman–Crippen MR) is 123 cm³/mol. The van der Waals surface area contributed by atoms with Gasteiger partial charge in [0.25, 0.3) is 10.0 Å². The molecule has 7 nitrogen and oxygen atoms in total. The summed E-state index contributed by atoms with van der Waals surface area (Å²) in [5.41, 5.74) is 1.51. The number of amides is 1. The Morgan fingerprint density at radius 3 is 2.52 bits per heavy atom. The highest BCUT2D eigenvalue weighted by atomic mass is 35.5. The van der Waals surface area contributed by atoms with E-state index in [1.165, 1.54) is 6.07 Å². The molecular formula is C22H27ClN4O3S. The minimum Gasteiger partial charge on any atom is -0.354 e. The average molecular weight is 463 g/mol. The minimum absolute atomic E-state index is 0.0347. The van der Waals surface area contributed by atoms with Crippen molar-refractivity contribution in [2.24, 2.45) is 4.99 Å². The van der Waals surface area contributed by atoms with Crippen LogP contribution in [0.3, 0.4) is 0 Å². The lowest BCUT2D eigenvalue weighted by Gasteiger charge is -2.30. The molecule has 1 aliphatic heterocycles. The Balaban J connectivity index is 1.62. The Kier molecular flexibility index (Phi) is 7.69. The molecule has 2 N–H and O–H groups in total. The number of amidine groups is 1. The van der Waals surface area contributed by atoms with E-state index >= 15 is 0 Å². The summed E-state index contributed by atoms with van der Waals surface area (Å²) in [6.07, 6.45) is 0.154. The molecule has 3 rings (SSSR count). The highest BCUT2D eigenvalue weighted by Gasteiger charge is 2.30. The van der Waals surface area contributed by atoms with Crippen LogP contribution in [0.15, 0.2) is 58.4 Å². The number of aliphatic imine (C=N–C) groups is 1. The van der Waals surface area contributed by atoms with Gasteiger partial charge < -0.3 is 5.32 Å². The Hall–Kier alpha value is -2.42. The molecule has 166 valence electrons. The lowest BCUT2D eigenvalue weighted by Crippen LogP contribution is -2.38. The molecule has 1 atom stereocenters. The number of benzene rings is 2. The molecule has 0 aliphatic carbocycles. The van der Waals surface area contributed by atoms with Crippen LogP contribution in [0, 0.1) is 0 Å². The van der Waals surface area contributed by atoms with Gasteiger partial charge in [0.1, 0.15) is 5.84 Å². The summed E-state index contributed by atoms with van der Waals surface area (Å²) in [6, 6.07) is 14.3. The van der Waals surface area contributed by atoms with Gasteiger partial charge in [-0.1, -0.05) is 55.8 Å². The second-order valence-electron chi connectivity index (χ2n) is 7.14. The summed E-state index contributed by atoms with van der Waals surface area (Å²) in [5, 5.41) is 3.64. The summed E-state index contributed by atoms with van der Waals surface area (Å²) in [7, 11) is -3.58. The first-order valence-electron chi connectivity index (χ1n) is 10.3. The fraction of sp³-hybridized carbons (Fsp3) is 0.364. The van der Waals surface area contributed by atoms with Gasteiger partial charge in [-0.2, -0.15) is 0 Å². The van der Waals surface area contributed by atoms with Crippen LogP contribution in [-0.2, 0) is 14.8 Å². The average Bonchev–Trinajstić information content (AvgIpc) is 3.02. The fourth-order valence-electron chi connectivity index (χ4n) is 3.66. The third kappa shape index (κ3) is 5.44. The lowest BCUT2D eigenvalue weighted by atomic mass is 10.0. The minimum atomic E-state index is -3.58. The van der Waals surface area contributed by atoms with Crippen LogP contribution in [-0.4, -0.2) is 51.2 Å².